The molecule has 1 aromatic heterocycles. The number of carbonyl (C=O) groups is 2. The third-order valence-corrected chi connectivity index (χ3v) is 7.01. The number of sulfone groups is 1. The number of hydrogen-bond acceptors (Lipinski definition) is 5. The van der Waals surface area contributed by atoms with Crippen molar-refractivity contribution in [3.63, 3.8) is 0 Å². The Bertz CT molecular complexity index is 807. The zero-order chi connectivity index (χ0) is 17.2. The Kier molecular flexibility index (Phi) is 3.33. The fourth-order valence-corrected chi connectivity index (χ4v) is 4.48. The van der Waals surface area contributed by atoms with E-state index in [1.165, 1.54) is 18.0 Å². The van der Waals surface area contributed by atoms with Crippen molar-refractivity contribution in [2.45, 2.75) is 37.0 Å². The summed E-state index contributed by atoms with van der Waals surface area (Å²) in [6.45, 7) is 1.96. The van der Waals surface area contributed by atoms with Gasteiger partial charge in [0, 0.05) is 31.5 Å². The van der Waals surface area contributed by atoms with E-state index in [-0.39, 0.29) is 29.9 Å². The topological polar surface area (TPSA) is 110 Å². The Morgan fingerprint density at radius 3 is 2.52 bits per heavy atom. The molecule has 1 fully saturated rings. The predicted octanol–water partition coefficient (Wildman–Crippen LogP) is 0.0823. The van der Waals surface area contributed by atoms with Crippen LogP contribution in [0.3, 0.4) is 0 Å². The van der Waals surface area contributed by atoms with E-state index in [1.54, 1.807) is 11.8 Å². The van der Waals surface area contributed by atoms with Gasteiger partial charge in [0.1, 0.15) is 5.69 Å². The van der Waals surface area contributed by atoms with Crippen molar-refractivity contribution in [1.29, 1.82) is 0 Å². The molecule has 2 aliphatic rings. The molecule has 3 rings (SSSR count). The first-order chi connectivity index (χ1) is 10.6. The zero-order valence-corrected chi connectivity index (χ0v) is 14.1. The van der Waals surface area contributed by atoms with Gasteiger partial charge in [-0.2, -0.15) is 5.10 Å². The van der Waals surface area contributed by atoms with Crippen LogP contribution in [0.25, 0.3) is 0 Å². The van der Waals surface area contributed by atoms with Gasteiger partial charge < -0.3 is 10.0 Å². The third-order valence-electron chi connectivity index (χ3n) is 4.90. The monoisotopic (exact) mass is 341 g/mol. The van der Waals surface area contributed by atoms with Crippen LogP contribution in [-0.2, 0) is 23.3 Å². The maximum absolute atomic E-state index is 12.8. The molecule has 0 aromatic carbocycles. The molecule has 8 nitrogen and oxygen atoms in total. The molecule has 9 heteroatoms. The van der Waals surface area contributed by atoms with Crippen molar-refractivity contribution in [3.05, 3.63) is 17.0 Å². The number of nitrogens with zero attached hydrogens (tertiary/aromatic N) is 3. The molecule has 1 N–H and O–H groups in total. The van der Waals surface area contributed by atoms with E-state index >= 15 is 0 Å². The summed E-state index contributed by atoms with van der Waals surface area (Å²) in [5.41, 5.74) is 0.564. The first-order valence-corrected chi connectivity index (χ1v) is 9.26. The molecule has 0 saturated heterocycles. The second kappa shape index (κ2) is 4.80. The van der Waals surface area contributed by atoms with Crippen LogP contribution in [0, 0.1) is 0 Å². The minimum absolute atomic E-state index is 0.105. The molecule has 126 valence electrons. The van der Waals surface area contributed by atoms with Gasteiger partial charge in [0.05, 0.1) is 4.75 Å². The molecular weight excluding hydrogens is 322 g/mol. The molecule has 23 heavy (non-hydrogen) atoms. The van der Waals surface area contributed by atoms with Crippen molar-refractivity contribution >= 4 is 21.7 Å². The number of rotatable bonds is 4. The lowest BCUT2D eigenvalue weighted by Gasteiger charge is -2.35. The lowest BCUT2D eigenvalue weighted by atomic mass is 9.97. The van der Waals surface area contributed by atoms with E-state index in [1.807, 2.05) is 0 Å². The molecule has 1 saturated carbocycles. The van der Waals surface area contributed by atoms with Gasteiger partial charge in [-0.15, -0.1) is 0 Å². The number of aryl methyl sites for hydroxylation is 1. The van der Waals surface area contributed by atoms with Crippen LogP contribution in [0.4, 0.5) is 0 Å². The fourth-order valence-electron chi connectivity index (χ4n) is 3.27. The lowest BCUT2D eigenvalue weighted by molar-refractivity contribution is 0.0649. The van der Waals surface area contributed by atoms with Crippen LogP contribution in [0.1, 0.15) is 46.3 Å². The van der Waals surface area contributed by atoms with E-state index in [0.29, 0.717) is 24.8 Å². The van der Waals surface area contributed by atoms with Crippen LogP contribution in [0.2, 0.25) is 0 Å². The van der Waals surface area contributed by atoms with E-state index in [2.05, 4.69) is 5.10 Å². The summed E-state index contributed by atoms with van der Waals surface area (Å²) in [6, 6.07) is -0.267. The first-order valence-electron chi connectivity index (χ1n) is 7.37. The van der Waals surface area contributed by atoms with Crippen molar-refractivity contribution in [3.8, 4) is 0 Å². The summed E-state index contributed by atoms with van der Waals surface area (Å²) in [7, 11) is -1.72. The number of fused-ring (bicyclic) bond motifs is 1. The largest absolute Gasteiger partial charge is 0.476 e. The smallest absolute Gasteiger partial charge is 0.356 e. The highest BCUT2D eigenvalue weighted by Crippen LogP contribution is 2.45. The van der Waals surface area contributed by atoms with Gasteiger partial charge in [-0.05, 0) is 26.2 Å². The quantitative estimate of drug-likeness (QED) is 0.831. The van der Waals surface area contributed by atoms with Crippen molar-refractivity contribution in [1.82, 2.24) is 14.7 Å². The molecule has 1 unspecified atom stereocenters. The van der Waals surface area contributed by atoms with E-state index in [0.717, 1.165) is 0 Å². The number of hydrogen-bond donors (Lipinski definition) is 1. The van der Waals surface area contributed by atoms with Gasteiger partial charge >= 0.3 is 5.97 Å². The van der Waals surface area contributed by atoms with Crippen LogP contribution >= 0.6 is 0 Å². The normalized spacial score (nSPS) is 22.8. The van der Waals surface area contributed by atoms with Crippen LogP contribution in [0.15, 0.2) is 0 Å². The molecule has 0 bridgehead atoms. The average molecular weight is 341 g/mol. The molecule has 1 aliphatic heterocycles. The maximum Gasteiger partial charge on any atom is 0.356 e. The summed E-state index contributed by atoms with van der Waals surface area (Å²) >= 11 is 0. The maximum atomic E-state index is 12.8. The molecule has 0 radical (unpaired) electrons. The Hall–Kier alpha value is -1.90. The third kappa shape index (κ3) is 2.34. The molecular formula is C14H19N3O5S. The lowest BCUT2D eigenvalue weighted by Crippen LogP contribution is -2.50. The first kappa shape index (κ1) is 16.0. The number of amides is 1. The fraction of sp³-hybridized carbons (Fsp3) is 0.643. The second-order valence-corrected chi connectivity index (χ2v) is 8.96. The summed E-state index contributed by atoms with van der Waals surface area (Å²) in [5.74, 6) is -1.51. The Balaban J connectivity index is 1.98. The summed E-state index contributed by atoms with van der Waals surface area (Å²) in [5, 5.41) is 13.1. The highest BCUT2D eigenvalue weighted by Gasteiger charge is 2.55. The van der Waals surface area contributed by atoms with Crippen molar-refractivity contribution < 1.29 is 23.1 Å². The SMILES string of the molecule is CC1Cc2c(C(=O)O)nn(C)c2C(=O)N1CC1(S(C)(=O)=O)CC1. The van der Waals surface area contributed by atoms with Gasteiger partial charge in [0.2, 0.25) is 0 Å². The molecule has 1 amide bonds. The molecule has 1 aromatic rings. The summed E-state index contributed by atoms with van der Waals surface area (Å²) < 4.78 is 24.4. The number of aromatic nitrogens is 2. The van der Waals surface area contributed by atoms with Crippen LogP contribution < -0.4 is 0 Å². The van der Waals surface area contributed by atoms with Crippen LogP contribution in [0.5, 0.6) is 0 Å². The summed E-state index contributed by atoms with van der Waals surface area (Å²) in [4.78, 5) is 25.6. The van der Waals surface area contributed by atoms with E-state index < -0.39 is 20.6 Å². The zero-order valence-electron chi connectivity index (χ0n) is 13.2. The minimum atomic E-state index is -3.24. The number of aromatic carboxylic acids is 1. The standard InChI is InChI=1S/C14H19N3O5S/c1-8-6-9-10(13(19)20)15-16(2)11(9)12(18)17(8)7-14(4-5-14)23(3,21)22/h8H,4-7H2,1-3H3,(H,19,20). The number of carboxylic acids is 1. The van der Waals surface area contributed by atoms with Gasteiger partial charge in [0.25, 0.3) is 5.91 Å². The second-order valence-electron chi connectivity index (χ2n) is 6.55. The summed E-state index contributed by atoms with van der Waals surface area (Å²) in [6.07, 6.45) is 2.68. The number of carboxylic acid groups (broad SMARTS) is 1. The van der Waals surface area contributed by atoms with Gasteiger partial charge in [-0.25, -0.2) is 13.2 Å². The van der Waals surface area contributed by atoms with Crippen molar-refractivity contribution in [2.24, 2.45) is 7.05 Å². The van der Waals surface area contributed by atoms with E-state index in [9.17, 15) is 23.1 Å². The van der Waals surface area contributed by atoms with Gasteiger partial charge in [-0.1, -0.05) is 0 Å². The molecule has 1 aliphatic carbocycles. The minimum Gasteiger partial charge on any atom is -0.476 e. The number of carbonyl (C=O) groups excluding carboxylic acids is 1. The van der Waals surface area contributed by atoms with Crippen LogP contribution in [-0.4, -0.2) is 63.7 Å². The molecule has 1 atom stereocenters. The van der Waals surface area contributed by atoms with Crippen molar-refractivity contribution in [2.75, 3.05) is 12.8 Å². The molecule has 0 spiro atoms. The Morgan fingerprint density at radius 1 is 1.43 bits per heavy atom. The van der Waals surface area contributed by atoms with Gasteiger partial charge in [0.15, 0.2) is 15.5 Å². The highest BCUT2D eigenvalue weighted by molar-refractivity contribution is 7.92. The van der Waals surface area contributed by atoms with Gasteiger partial charge in [-0.3, -0.25) is 9.48 Å². The van der Waals surface area contributed by atoms with E-state index in [4.69, 9.17) is 0 Å². The Morgan fingerprint density at radius 2 is 2.04 bits per heavy atom. The molecule has 2 heterocycles. The Labute approximate surface area is 134 Å². The average Bonchev–Trinajstić information content (AvgIpc) is 3.13. The predicted molar refractivity (Wildman–Crippen MR) is 81.2 cm³/mol. The highest BCUT2D eigenvalue weighted by atomic mass is 32.2.